The molecule has 0 radical (unpaired) electrons. The zero-order chi connectivity index (χ0) is 17.4. The van der Waals surface area contributed by atoms with Crippen LogP contribution in [0.2, 0.25) is 0 Å². The fourth-order valence-electron chi connectivity index (χ4n) is 2.72. The average molecular weight is 319 g/mol. The molecule has 6 nitrogen and oxygen atoms in total. The highest BCUT2D eigenvalue weighted by Crippen LogP contribution is 2.33. The maximum absolute atomic E-state index is 9.73. The highest BCUT2D eigenvalue weighted by atomic mass is 16.3. The van der Waals surface area contributed by atoms with Crippen molar-refractivity contribution in [3.05, 3.63) is 47.3 Å². The summed E-state index contributed by atoms with van der Waals surface area (Å²) in [4.78, 5) is 4.37. The van der Waals surface area contributed by atoms with E-state index < -0.39 is 0 Å². The van der Waals surface area contributed by atoms with Crippen LogP contribution in [0.4, 0.5) is 5.82 Å². The van der Waals surface area contributed by atoms with Crippen molar-refractivity contribution in [3.8, 4) is 34.2 Å². The molecule has 1 aromatic carbocycles. The highest BCUT2D eigenvalue weighted by Gasteiger charge is 2.16. The number of hydrogen-bond donors (Lipinski definition) is 2. The molecule has 2 aromatic heterocycles. The molecule has 0 fully saturated rings. The molecule has 3 rings (SSSR count). The fourth-order valence-corrected chi connectivity index (χ4v) is 2.72. The standard InChI is InChI=1S/C18H17N5O/c1-10-6-12(4-5-17(10)24)13-7-16(21-18(20)14(13)8-19)15-9-23(3)22-11(15)2/h4-7,9,24H,1-3H3,(H2,20,21). The summed E-state index contributed by atoms with van der Waals surface area (Å²) < 4.78 is 1.71. The number of aromatic hydroxyl groups is 1. The number of nitriles is 1. The third kappa shape index (κ3) is 2.57. The molecule has 3 aromatic rings. The minimum Gasteiger partial charge on any atom is -0.508 e. The monoisotopic (exact) mass is 319 g/mol. The second-order valence-electron chi connectivity index (χ2n) is 5.73. The number of nitrogen functional groups attached to an aromatic ring is 1. The van der Waals surface area contributed by atoms with Crippen molar-refractivity contribution in [1.29, 1.82) is 5.26 Å². The van der Waals surface area contributed by atoms with Crippen molar-refractivity contribution in [2.24, 2.45) is 7.05 Å². The Morgan fingerprint density at radius 1 is 1.21 bits per heavy atom. The lowest BCUT2D eigenvalue weighted by molar-refractivity contribution is 0.471. The van der Waals surface area contributed by atoms with E-state index in [2.05, 4.69) is 16.2 Å². The van der Waals surface area contributed by atoms with E-state index in [0.29, 0.717) is 16.8 Å². The number of phenols is 1. The van der Waals surface area contributed by atoms with Gasteiger partial charge in [-0.2, -0.15) is 10.4 Å². The van der Waals surface area contributed by atoms with E-state index in [9.17, 15) is 10.4 Å². The van der Waals surface area contributed by atoms with Crippen LogP contribution in [-0.2, 0) is 7.05 Å². The number of benzene rings is 1. The molecule has 24 heavy (non-hydrogen) atoms. The molecule has 0 amide bonds. The van der Waals surface area contributed by atoms with Gasteiger partial charge in [-0.1, -0.05) is 6.07 Å². The molecule has 120 valence electrons. The van der Waals surface area contributed by atoms with E-state index in [1.807, 2.05) is 39.2 Å². The minimum atomic E-state index is 0.180. The first-order valence-electron chi connectivity index (χ1n) is 7.42. The fraction of sp³-hybridized carbons (Fsp3) is 0.167. The lowest BCUT2D eigenvalue weighted by Crippen LogP contribution is -2.00. The van der Waals surface area contributed by atoms with Crippen molar-refractivity contribution in [3.63, 3.8) is 0 Å². The Morgan fingerprint density at radius 3 is 2.54 bits per heavy atom. The molecule has 0 aliphatic carbocycles. The van der Waals surface area contributed by atoms with Crippen molar-refractivity contribution >= 4 is 5.82 Å². The van der Waals surface area contributed by atoms with Crippen LogP contribution in [0.15, 0.2) is 30.5 Å². The van der Waals surface area contributed by atoms with Crippen molar-refractivity contribution in [1.82, 2.24) is 14.8 Å². The Kier molecular flexibility index (Phi) is 3.70. The number of rotatable bonds is 2. The van der Waals surface area contributed by atoms with Crippen LogP contribution in [0.5, 0.6) is 5.75 Å². The van der Waals surface area contributed by atoms with Gasteiger partial charge in [0.1, 0.15) is 23.2 Å². The topological polar surface area (TPSA) is 101 Å². The Labute approximate surface area is 139 Å². The van der Waals surface area contributed by atoms with Crippen LogP contribution in [0.3, 0.4) is 0 Å². The first kappa shape index (κ1) is 15.6. The number of nitrogens with zero attached hydrogens (tertiary/aromatic N) is 4. The molecule has 6 heteroatoms. The van der Waals surface area contributed by atoms with Gasteiger partial charge in [0.15, 0.2) is 0 Å². The molecule has 0 saturated carbocycles. The van der Waals surface area contributed by atoms with Gasteiger partial charge in [0.25, 0.3) is 0 Å². The molecule has 0 bridgehead atoms. The van der Waals surface area contributed by atoms with E-state index >= 15 is 0 Å². The molecule has 0 atom stereocenters. The summed E-state index contributed by atoms with van der Waals surface area (Å²) in [5.74, 6) is 0.390. The first-order chi connectivity index (χ1) is 11.4. The predicted molar refractivity (Wildman–Crippen MR) is 92.1 cm³/mol. The SMILES string of the molecule is Cc1cc(-c2cc(-c3cn(C)nc3C)nc(N)c2C#N)ccc1O. The van der Waals surface area contributed by atoms with Gasteiger partial charge in [-0.25, -0.2) is 4.98 Å². The maximum atomic E-state index is 9.73. The number of anilines is 1. The molecule has 3 N–H and O–H groups in total. The van der Waals surface area contributed by atoms with Crippen molar-refractivity contribution < 1.29 is 5.11 Å². The average Bonchev–Trinajstić information content (AvgIpc) is 2.88. The van der Waals surface area contributed by atoms with Crippen LogP contribution in [0.25, 0.3) is 22.4 Å². The molecule has 0 aliphatic heterocycles. The van der Waals surface area contributed by atoms with Gasteiger partial charge in [0, 0.05) is 24.4 Å². The quantitative estimate of drug-likeness (QED) is 0.756. The summed E-state index contributed by atoms with van der Waals surface area (Å²) in [5, 5.41) is 23.5. The Morgan fingerprint density at radius 2 is 1.96 bits per heavy atom. The number of nitrogens with two attached hydrogens (primary N) is 1. The third-order valence-electron chi connectivity index (χ3n) is 3.96. The van der Waals surface area contributed by atoms with Gasteiger partial charge in [0.05, 0.1) is 11.4 Å². The van der Waals surface area contributed by atoms with E-state index in [-0.39, 0.29) is 11.6 Å². The summed E-state index contributed by atoms with van der Waals surface area (Å²) in [7, 11) is 1.84. The van der Waals surface area contributed by atoms with Gasteiger partial charge >= 0.3 is 0 Å². The van der Waals surface area contributed by atoms with Gasteiger partial charge in [0.2, 0.25) is 0 Å². The molecule has 0 aliphatic rings. The molecular formula is C18H17N5O. The van der Waals surface area contributed by atoms with Crippen LogP contribution in [0.1, 0.15) is 16.8 Å². The van der Waals surface area contributed by atoms with E-state index in [1.54, 1.807) is 16.8 Å². The number of aromatic nitrogens is 3. The highest BCUT2D eigenvalue weighted by molar-refractivity contribution is 5.81. The first-order valence-corrected chi connectivity index (χ1v) is 7.42. The Balaban J connectivity index is 2.26. The summed E-state index contributed by atoms with van der Waals surface area (Å²) in [6.45, 7) is 3.71. The number of hydrogen-bond acceptors (Lipinski definition) is 5. The van der Waals surface area contributed by atoms with Crippen LogP contribution in [-0.4, -0.2) is 19.9 Å². The number of phenolic OH excluding ortho intramolecular Hbond substituents is 1. The van der Waals surface area contributed by atoms with E-state index in [1.165, 1.54) is 0 Å². The lowest BCUT2D eigenvalue weighted by atomic mass is 9.97. The van der Waals surface area contributed by atoms with E-state index in [0.717, 1.165) is 22.4 Å². The Hall–Kier alpha value is -3.33. The Bertz CT molecular complexity index is 982. The van der Waals surface area contributed by atoms with Gasteiger partial charge in [-0.05, 0) is 43.2 Å². The molecule has 2 heterocycles. The van der Waals surface area contributed by atoms with Crippen molar-refractivity contribution in [2.45, 2.75) is 13.8 Å². The van der Waals surface area contributed by atoms with Crippen LogP contribution < -0.4 is 5.73 Å². The summed E-state index contributed by atoms with van der Waals surface area (Å²) >= 11 is 0. The van der Waals surface area contributed by atoms with Crippen molar-refractivity contribution in [2.75, 3.05) is 5.73 Å². The summed E-state index contributed by atoms with van der Waals surface area (Å²) in [5.41, 5.74) is 10.9. The number of pyridine rings is 1. The molecule has 0 saturated heterocycles. The molecular weight excluding hydrogens is 302 g/mol. The molecule has 0 spiro atoms. The lowest BCUT2D eigenvalue weighted by Gasteiger charge is -2.11. The maximum Gasteiger partial charge on any atom is 0.142 e. The van der Waals surface area contributed by atoms with Gasteiger partial charge in [-0.15, -0.1) is 0 Å². The normalized spacial score (nSPS) is 10.6. The zero-order valence-electron chi connectivity index (χ0n) is 13.7. The largest absolute Gasteiger partial charge is 0.508 e. The zero-order valence-corrected chi connectivity index (χ0v) is 13.7. The van der Waals surface area contributed by atoms with Crippen LogP contribution >= 0.6 is 0 Å². The second-order valence-corrected chi connectivity index (χ2v) is 5.73. The smallest absolute Gasteiger partial charge is 0.142 e. The van der Waals surface area contributed by atoms with Gasteiger partial charge in [-0.3, -0.25) is 4.68 Å². The predicted octanol–water partition coefficient (Wildman–Crippen LogP) is 2.93. The van der Waals surface area contributed by atoms with E-state index in [4.69, 9.17) is 5.73 Å². The summed E-state index contributed by atoms with van der Waals surface area (Å²) in [6.07, 6.45) is 1.87. The number of aryl methyl sites for hydroxylation is 3. The third-order valence-corrected chi connectivity index (χ3v) is 3.96. The van der Waals surface area contributed by atoms with Crippen LogP contribution in [0, 0.1) is 25.2 Å². The molecule has 0 unspecified atom stereocenters. The second kappa shape index (κ2) is 5.70. The summed E-state index contributed by atoms with van der Waals surface area (Å²) in [6, 6.07) is 9.16. The van der Waals surface area contributed by atoms with Gasteiger partial charge < -0.3 is 10.8 Å². The minimum absolute atomic E-state index is 0.180.